The van der Waals surface area contributed by atoms with Crippen molar-refractivity contribution in [3.05, 3.63) is 33.9 Å². The van der Waals surface area contributed by atoms with E-state index in [4.69, 9.17) is 14.7 Å². The highest BCUT2D eigenvalue weighted by molar-refractivity contribution is 5.93. The summed E-state index contributed by atoms with van der Waals surface area (Å²) in [6, 6.07) is 5.28. The van der Waals surface area contributed by atoms with Crippen LogP contribution in [-0.2, 0) is 4.74 Å². The molecule has 0 spiro atoms. The highest BCUT2D eigenvalue weighted by Crippen LogP contribution is 2.24. The summed E-state index contributed by atoms with van der Waals surface area (Å²) in [5, 5.41) is 19.1. The van der Waals surface area contributed by atoms with E-state index in [1.54, 1.807) is 6.07 Å². The molecular weight excluding hydrogens is 240 g/mol. The normalized spacial score (nSPS) is 11.2. The van der Waals surface area contributed by atoms with Crippen molar-refractivity contribution in [1.82, 2.24) is 0 Å². The summed E-state index contributed by atoms with van der Waals surface area (Å²) < 4.78 is 9.67. The lowest BCUT2D eigenvalue weighted by molar-refractivity contribution is -0.384. The molecule has 0 unspecified atom stereocenters. The number of esters is 1. The van der Waals surface area contributed by atoms with Crippen molar-refractivity contribution in [3.8, 4) is 11.8 Å². The van der Waals surface area contributed by atoms with Gasteiger partial charge in [0.1, 0.15) is 17.4 Å². The first kappa shape index (κ1) is 13.4. The Morgan fingerprint density at radius 1 is 1.56 bits per heavy atom. The largest absolute Gasteiger partial charge is 0.496 e. The van der Waals surface area contributed by atoms with E-state index in [2.05, 4.69) is 0 Å². The maximum absolute atomic E-state index is 11.7. The van der Waals surface area contributed by atoms with Crippen LogP contribution < -0.4 is 4.74 Å². The molecule has 94 valence electrons. The molecule has 0 saturated heterocycles. The first-order valence-corrected chi connectivity index (χ1v) is 4.92. The van der Waals surface area contributed by atoms with Gasteiger partial charge in [-0.15, -0.1) is 0 Å². The van der Waals surface area contributed by atoms with E-state index < -0.39 is 17.0 Å². The number of benzene rings is 1. The molecule has 7 heteroatoms. The standard InChI is InChI=1S/C11H10N2O5/c1-7(6-12)18-11(14)9-5-8(13(15)16)3-4-10(9)17-2/h3-5,7H,1-2H3/t7-/m0/s1. The number of nitriles is 1. The minimum atomic E-state index is -0.943. The van der Waals surface area contributed by atoms with Crippen molar-refractivity contribution in [2.45, 2.75) is 13.0 Å². The van der Waals surface area contributed by atoms with E-state index in [0.29, 0.717) is 0 Å². The number of hydrogen-bond donors (Lipinski definition) is 0. The predicted octanol–water partition coefficient (Wildman–Crippen LogP) is 1.67. The van der Waals surface area contributed by atoms with Gasteiger partial charge in [0.25, 0.3) is 5.69 Å². The lowest BCUT2D eigenvalue weighted by atomic mass is 10.2. The van der Waals surface area contributed by atoms with Crippen LogP contribution in [0.2, 0.25) is 0 Å². The summed E-state index contributed by atoms with van der Waals surface area (Å²) >= 11 is 0. The second-order valence-electron chi connectivity index (χ2n) is 3.32. The van der Waals surface area contributed by atoms with Crippen LogP contribution in [0.15, 0.2) is 18.2 Å². The monoisotopic (exact) mass is 250 g/mol. The van der Waals surface area contributed by atoms with E-state index >= 15 is 0 Å². The molecule has 1 atom stereocenters. The van der Waals surface area contributed by atoms with Crippen LogP contribution >= 0.6 is 0 Å². The van der Waals surface area contributed by atoms with Gasteiger partial charge in [0.15, 0.2) is 6.10 Å². The molecule has 0 heterocycles. The first-order valence-electron chi connectivity index (χ1n) is 4.92. The zero-order chi connectivity index (χ0) is 13.7. The van der Waals surface area contributed by atoms with Gasteiger partial charge in [-0.2, -0.15) is 5.26 Å². The van der Waals surface area contributed by atoms with E-state index in [0.717, 1.165) is 6.07 Å². The molecule has 0 radical (unpaired) electrons. The van der Waals surface area contributed by atoms with Crippen LogP contribution in [0.25, 0.3) is 0 Å². The third-order valence-electron chi connectivity index (χ3n) is 2.08. The molecule has 0 saturated carbocycles. The summed E-state index contributed by atoms with van der Waals surface area (Å²) in [6.45, 7) is 1.39. The maximum atomic E-state index is 11.7. The molecule has 0 aliphatic heterocycles. The van der Waals surface area contributed by atoms with Crippen molar-refractivity contribution < 1.29 is 19.2 Å². The molecule has 1 rings (SSSR count). The van der Waals surface area contributed by atoms with Gasteiger partial charge in [0.2, 0.25) is 0 Å². The number of nitro groups is 1. The van der Waals surface area contributed by atoms with Gasteiger partial charge >= 0.3 is 5.97 Å². The summed E-state index contributed by atoms with van der Waals surface area (Å²) in [6.07, 6.45) is -0.943. The highest BCUT2D eigenvalue weighted by atomic mass is 16.6. The zero-order valence-electron chi connectivity index (χ0n) is 9.75. The molecule has 7 nitrogen and oxygen atoms in total. The van der Waals surface area contributed by atoms with Crippen LogP contribution in [0.4, 0.5) is 5.69 Å². The average Bonchev–Trinajstić information content (AvgIpc) is 2.37. The third kappa shape index (κ3) is 2.95. The van der Waals surface area contributed by atoms with Crippen molar-refractivity contribution in [1.29, 1.82) is 5.26 Å². The number of rotatable bonds is 4. The van der Waals surface area contributed by atoms with Crippen LogP contribution in [0.5, 0.6) is 5.75 Å². The number of carbonyl (C=O) groups excluding carboxylic acids is 1. The molecule has 0 fully saturated rings. The molecule has 0 aromatic heterocycles. The van der Waals surface area contributed by atoms with Crippen LogP contribution in [0.1, 0.15) is 17.3 Å². The van der Waals surface area contributed by atoms with Crippen molar-refractivity contribution in [2.75, 3.05) is 7.11 Å². The van der Waals surface area contributed by atoms with Crippen LogP contribution in [0.3, 0.4) is 0 Å². The number of non-ortho nitro benzene ring substituents is 1. The smallest absolute Gasteiger partial charge is 0.343 e. The number of nitrogens with zero attached hydrogens (tertiary/aromatic N) is 2. The third-order valence-corrected chi connectivity index (χ3v) is 2.08. The van der Waals surface area contributed by atoms with Crippen molar-refractivity contribution in [3.63, 3.8) is 0 Å². The van der Waals surface area contributed by atoms with E-state index in [-0.39, 0.29) is 17.0 Å². The van der Waals surface area contributed by atoms with Gasteiger partial charge in [-0.05, 0) is 13.0 Å². The molecule has 1 aromatic carbocycles. The number of ether oxygens (including phenoxy) is 2. The van der Waals surface area contributed by atoms with Crippen molar-refractivity contribution >= 4 is 11.7 Å². The van der Waals surface area contributed by atoms with Gasteiger partial charge in [-0.3, -0.25) is 10.1 Å². The molecule has 0 aliphatic carbocycles. The summed E-state index contributed by atoms with van der Waals surface area (Å²) in [4.78, 5) is 21.7. The number of methoxy groups -OCH3 is 1. The van der Waals surface area contributed by atoms with Gasteiger partial charge in [0.05, 0.1) is 12.0 Å². The second kappa shape index (κ2) is 5.63. The Kier molecular flexibility index (Phi) is 4.21. The second-order valence-corrected chi connectivity index (χ2v) is 3.32. The summed E-state index contributed by atoms with van der Waals surface area (Å²) in [5.41, 5.74) is -0.346. The topological polar surface area (TPSA) is 102 Å². The fourth-order valence-corrected chi connectivity index (χ4v) is 1.22. The average molecular weight is 250 g/mol. The molecular formula is C11H10N2O5. The molecule has 0 aliphatic rings. The van der Waals surface area contributed by atoms with Gasteiger partial charge < -0.3 is 9.47 Å². The summed E-state index contributed by atoms with van der Waals surface area (Å²) in [5.74, 6) is -0.694. The van der Waals surface area contributed by atoms with Crippen LogP contribution in [-0.4, -0.2) is 24.1 Å². The van der Waals surface area contributed by atoms with Gasteiger partial charge in [0, 0.05) is 12.1 Å². The fourth-order valence-electron chi connectivity index (χ4n) is 1.22. The van der Waals surface area contributed by atoms with E-state index in [1.165, 1.54) is 26.2 Å². The lowest BCUT2D eigenvalue weighted by Gasteiger charge is -2.09. The predicted molar refractivity (Wildman–Crippen MR) is 60.1 cm³/mol. The van der Waals surface area contributed by atoms with Crippen molar-refractivity contribution in [2.24, 2.45) is 0 Å². The minimum absolute atomic E-state index is 0.0891. The Bertz CT molecular complexity index is 521. The number of nitro benzene ring substituents is 1. The quantitative estimate of drug-likeness (QED) is 0.457. The van der Waals surface area contributed by atoms with Gasteiger partial charge in [-0.1, -0.05) is 0 Å². The van der Waals surface area contributed by atoms with E-state index in [1.807, 2.05) is 0 Å². The summed E-state index contributed by atoms with van der Waals surface area (Å²) in [7, 11) is 1.33. The number of hydrogen-bond acceptors (Lipinski definition) is 6. The Balaban J connectivity index is 3.12. The zero-order valence-corrected chi connectivity index (χ0v) is 9.75. The van der Waals surface area contributed by atoms with E-state index in [9.17, 15) is 14.9 Å². The molecule has 0 N–H and O–H groups in total. The SMILES string of the molecule is COc1ccc([N+](=O)[O-])cc1C(=O)O[C@@H](C)C#N. The maximum Gasteiger partial charge on any atom is 0.343 e. The lowest BCUT2D eigenvalue weighted by Crippen LogP contribution is -2.14. The van der Waals surface area contributed by atoms with Gasteiger partial charge in [-0.25, -0.2) is 4.79 Å². The Labute approximate surface area is 103 Å². The number of carbonyl (C=O) groups is 1. The molecule has 0 amide bonds. The minimum Gasteiger partial charge on any atom is -0.496 e. The Hall–Kier alpha value is -2.62. The Morgan fingerprint density at radius 3 is 2.72 bits per heavy atom. The highest BCUT2D eigenvalue weighted by Gasteiger charge is 2.20. The Morgan fingerprint density at radius 2 is 2.22 bits per heavy atom. The first-order chi connectivity index (χ1) is 8.49. The van der Waals surface area contributed by atoms with Crippen LogP contribution in [0, 0.1) is 21.4 Å². The molecule has 0 bridgehead atoms. The fraction of sp³-hybridized carbons (Fsp3) is 0.273. The molecule has 1 aromatic rings. The molecule has 18 heavy (non-hydrogen) atoms.